The molecule has 41 heavy (non-hydrogen) atoms. The van der Waals surface area contributed by atoms with Gasteiger partial charge in [0.05, 0.1) is 24.5 Å². The van der Waals surface area contributed by atoms with Gasteiger partial charge in [0.15, 0.2) is 0 Å². The van der Waals surface area contributed by atoms with Crippen LogP contribution in [-0.2, 0) is 28.4 Å². The fraction of sp³-hybridized carbons (Fsp3) is 0.323. The standard InChI is InChI=1S/C31H31Cl3N4O3/c32-24-5-10-28(30(34)17-24)31(21-37-12-11-35-22-37)40-20-27(41-31)19-39-26-8-6-25(7-9-26)38-15-13-36(14-16-38)18-23-3-1-2-4-29(23)33/h1-12,17,22,27H,13-16,18-21H2. The second kappa shape index (κ2) is 12.6. The van der Waals surface area contributed by atoms with Gasteiger partial charge in [0.1, 0.15) is 18.5 Å². The van der Waals surface area contributed by atoms with Crippen LogP contribution in [0.3, 0.4) is 0 Å². The highest BCUT2D eigenvalue weighted by atomic mass is 35.5. The summed E-state index contributed by atoms with van der Waals surface area (Å²) in [4.78, 5) is 9.00. The Balaban J connectivity index is 1.04. The highest BCUT2D eigenvalue weighted by molar-refractivity contribution is 6.35. The van der Waals surface area contributed by atoms with E-state index in [-0.39, 0.29) is 6.10 Å². The summed E-state index contributed by atoms with van der Waals surface area (Å²) in [5, 5.41) is 1.87. The molecule has 1 aromatic heterocycles. The fourth-order valence-corrected chi connectivity index (χ4v) is 6.10. The number of nitrogens with zero attached hydrogens (tertiary/aromatic N) is 4. The van der Waals surface area contributed by atoms with Crippen LogP contribution in [-0.4, -0.2) is 59.9 Å². The number of hydrogen-bond donors (Lipinski definition) is 0. The Bertz CT molecular complexity index is 1450. The van der Waals surface area contributed by atoms with Crippen LogP contribution in [0.15, 0.2) is 85.5 Å². The molecule has 2 fully saturated rings. The van der Waals surface area contributed by atoms with Gasteiger partial charge in [-0.3, -0.25) is 4.90 Å². The van der Waals surface area contributed by atoms with Gasteiger partial charge in [-0.2, -0.15) is 0 Å². The molecule has 3 aromatic carbocycles. The quantitative estimate of drug-likeness (QED) is 0.215. The van der Waals surface area contributed by atoms with Gasteiger partial charge in [0.2, 0.25) is 5.79 Å². The first kappa shape index (κ1) is 28.3. The second-order valence-corrected chi connectivity index (χ2v) is 11.6. The summed E-state index contributed by atoms with van der Waals surface area (Å²) in [5.41, 5.74) is 3.08. The highest BCUT2D eigenvalue weighted by Crippen LogP contribution is 2.40. The third-order valence-electron chi connectivity index (χ3n) is 7.51. The van der Waals surface area contributed by atoms with Crippen molar-refractivity contribution in [3.8, 4) is 5.75 Å². The Morgan fingerprint density at radius 2 is 1.73 bits per heavy atom. The molecule has 2 aliphatic heterocycles. The maximum atomic E-state index is 6.58. The molecule has 2 unspecified atom stereocenters. The van der Waals surface area contributed by atoms with Crippen LogP contribution in [0.25, 0.3) is 0 Å². The molecule has 0 saturated carbocycles. The smallest absolute Gasteiger partial charge is 0.215 e. The van der Waals surface area contributed by atoms with Gasteiger partial charge in [0.25, 0.3) is 0 Å². The Morgan fingerprint density at radius 3 is 2.46 bits per heavy atom. The fourth-order valence-electron chi connectivity index (χ4n) is 5.35. The van der Waals surface area contributed by atoms with E-state index in [4.69, 9.17) is 49.0 Å². The number of ether oxygens (including phenoxy) is 3. The topological polar surface area (TPSA) is 52.0 Å². The van der Waals surface area contributed by atoms with Gasteiger partial charge in [0, 0.05) is 66.4 Å². The summed E-state index contributed by atoms with van der Waals surface area (Å²) < 4.78 is 20.8. The predicted molar refractivity (Wildman–Crippen MR) is 162 cm³/mol. The average molecular weight is 614 g/mol. The van der Waals surface area contributed by atoms with E-state index in [0.29, 0.717) is 29.8 Å². The molecule has 7 nitrogen and oxygen atoms in total. The third kappa shape index (κ3) is 6.67. The Kier molecular flexibility index (Phi) is 8.72. The van der Waals surface area contributed by atoms with Gasteiger partial charge >= 0.3 is 0 Å². The number of hydrogen-bond acceptors (Lipinski definition) is 6. The van der Waals surface area contributed by atoms with Crippen molar-refractivity contribution in [2.45, 2.75) is 25.0 Å². The van der Waals surface area contributed by atoms with Gasteiger partial charge in [-0.05, 0) is 48.0 Å². The van der Waals surface area contributed by atoms with Crippen LogP contribution in [0.1, 0.15) is 11.1 Å². The number of benzene rings is 3. The summed E-state index contributed by atoms with van der Waals surface area (Å²) in [6.07, 6.45) is 5.03. The number of piperazine rings is 1. The summed E-state index contributed by atoms with van der Waals surface area (Å²) in [5.74, 6) is -0.292. The van der Waals surface area contributed by atoms with E-state index in [1.54, 1.807) is 24.7 Å². The van der Waals surface area contributed by atoms with Crippen molar-refractivity contribution in [1.82, 2.24) is 14.5 Å². The van der Waals surface area contributed by atoms with Gasteiger partial charge in [-0.15, -0.1) is 0 Å². The summed E-state index contributed by atoms with van der Waals surface area (Å²) >= 11 is 19.1. The zero-order chi connectivity index (χ0) is 28.2. The lowest BCUT2D eigenvalue weighted by Crippen LogP contribution is -2.46. The molecule has 2 atom stereocenters. The normalized spacial score (nSPS) is 21.3. The molecule has 214 valence electrons. The number of imidazole rings is 1. The average Bonchev–Trinajstić information content (AvgIpc) is 3.64. The van der Waals surface area contributed by atoms with E-state index in [1.807, 2.05) is 47.2 Å². The Labute approximate surface area is 255 Å². The number of rotatable bonds is 9. The van der Waals surface area contributed by atoms with Crippen molar-refractivity contribution in [2.75, 3.05) is 44.3 Å². The minimum atomic E-state index is -1.08. The van der Waals surface area contributed by atoms with E-state index in [1.165, 1.54) is 11.3 Å². The van der Waals surface area contributed by atoms with Crippen LogP contribution in [0.2, 0.25) is 15.1 Å². The van der Waals surface area contributed by atoms with E-state index in [9.17, 15) is 0 Å². The first-order chi connectivity index (χ1) is 20.0. The first-order valence-electron chi connectivity index (χ1n) is 13.6. The van der Waals surface area contributed by atoms with Crippen molar-refractivity contribution in [3.63, 3.8) is 0 Å². The van der Waals surface area contributed by atoms with Crippen LogP contribution in [0.4, 0.5) is 5.69 Å². The zero-order valence-electron chi connectivity index (χ0n) is 22.5. The largest absolute Gasteiger partial charge is 0.491 e. The molecule has 0 spiro atoms. The molecule has 0 N–H and O–H groups in total. The van der Waals surface area contributed by atoms with Crippen molar-refractivity contribution in [3.05, 3.63) is 112 Å². The molecular formula is C31H31Cl3N4O3. The molecule has 0 radical (unpaired) electrons. The lowest BCUT2D eigenvalue weighted by Gasteiger charge is -2.36. The molecule has 10 heteroatoms. The maximum Gasteiger partial charge on any atom is 0.215 e. The Morgan fingerprint density at radius 1 is 0.927 bits per heavy atom. The van der Waals surface area contributed by atoms with Crippen molar-refractivity contribution >= 4 is 40.5 Å². The second-order valence-electron chi connectivity index (χ2n) is 10.3. The highest BCUT2D eigenvalue weighted by Gasteiger charge is 2.45. The van der Waals surface area contributed by atoms with E-state index < -0.39 is 5.79 Å². The molecule has 6 rings (SSSR count). The molecular weight excluding hydrogens is 583 g/mol. The first-order valence-corrected chi connectivity index (χ1v) is 14.8. The predicted octanol–water partition coefficient (Wildman–Crippen LogP) is 6.51. The monoisotopic (exact) mass is 612 g/mol. The van der Waals surface area contributed by atoms with E-state index in [2.05, 4.69) is 33.0 Å². The number of anilines is 1. The Hall–Kier alpha value is -2.78. The summed E-state index contributed by atoms with van der Waals surface area (Å²) in [6.45, 7) is 5.88. The minimum absolute atomic E-state index is 0.281. The number of aromatic nitrogens is 2. The van der Waals surface area contributed by atoms with Crippen molar-refractivity contribution < 1.29 is 14.2 Å². The summed E-state index contributed by atoms with van der Waals surface area (Å²) in [6, 6.07) is 21.6. The molecule has 0 aliphatic carbocycles. The van der Waals surface area contributed by atoms with Gasteiger partial charge in [-0.1, -0.05) is 59.1 Å². The molecule has 0 amide bonds. The molecule has 4 aromatic rings. The van der Waals surface area contributed by atoms with Gasteiger partial charge < -0.3 is 23.7 Å². The maximum absolute atomic E-state index is 6.58. The summed E-state index contributed by atoms with van der Waals surface area (Å²) in [7, 11) is 0. The van der Waals surface area contributed by atoms with Crippen LogP contribution in [0, 0.1) is 0 Å². The zero-order valence-corrected chi connectivity index (χ0v) is 24.7. The lowest BCUT2D eigenvalue weighted by atomic mass is 10.1. The number of halogens is 3. The van der Waals surface area contributed by atoms with Crippen molar-refractivity contribution in [2.24, 2.45) is 0 Å². The SMILES string of the molecule is Clc1ccc(C2(Cn3ccnc3)OCC(COc3ccc(N4CCN(Cc5ccccc5Cl)CC4)cc3)O2)c(Cl)c1. The van der Waals surface area contributed by atoms with Gasteiger partial charge in [-0.25, -0.2) is 4.98 Å². The minimum Gasteiger partial charge on any atom is -0.491 e. The molecule has 2 saturated heterocycles. The van der Waals surface area contributed by atoms with Crippen LogP contribution < -0.4 is 9.64 Å². The molecule has 0 bridgehead atoms. The third-order valence-corrected chi connectivity index (χ3v) is 8.43. The molecule has 3 heterocycles. The lowest BCUT2D eigenvalue weighted by molar-refractivity contribution is -0.189. The van der Waals surface area contributed by atoms with Crippen LogP contribution in [0.5, 0.6) is 5.75 Å². The van der Waals surface area contributed by atoms with Crippen molar-refractivity contribution in [1.29, 1.82) is 0 Å². The van der Waals surface area contributed by atoms with E-state index in [0.717, 1.165) is 49.1 Å². The van der Waals surface area contributed by atoms with Crippen LogP contribution >= 0.6 is 34.8 Å². The molecule has 2 aliphatic rings. The van der Waals surface area contributed by atoms with E-state index >= 15 is 0 Å².